The van der Waals surface area contributed by atoms with E-state index in [9.17, 15) is 18.4 Å². The molecule has 4 rings (SSSR count). The highest BCUT2D eigenvalue weighted by atomic mass is 19.4. The Labute approximate surface area is 195 Å². The minimum Gasteiger partial charge on any atom is -0.493 e. The first-order valence-corrected chi connectivity index (χ1v) is 11.0. The fraction of sp³-hybridized carbons (Fsp3) is 0.375. The van der Waals surface area contributed by atoms with Gasteiger partial charge in [0.1, 0.15) is 18.2 Å². The van der Waals surface area contributed by atoms with Gasteiger partial charge in [0.05, 0.1) is 36.0 Å². The Balaban J connectivity index is 1.58. The van der Waals surface area contributed by atoms with Crippen molar-refractivity contribution >= 4 is 22.4 Å². The molecule has 34 heavy (non-hydrogen) atoms. The Morgan fingerprint density at radius 1 is 1.15 bits per heavy atom. The number of hydrogen-bond donors (Lipinski definition) is 1. The van der Waals surface area contributed by atoms with Gasteiger partial charge in [0, 0.05) is 18.0 Å². The van der Waals surface area contributed by atoms with Crippen LogP contribution in [0.1, 0.15) is 30.4 Å². The maximum Gasteiger partial charge on any atom is 0.417 e. The van der Waals surface area contributed by atoms with Gasteiger partial charge in [-0.05, 0) is 50.6 Å². The van der Waals surface area contributed by atoms with Crippen LogP contribution in [0.3, 0.4) is 0 Å². The first-order valence-electron chi connectivity index (χ1n) is 11.0. The first-order chi connectivity index (χ1) is 16.4. The minimum atomic E-state index is -4.65. The van der Waals surface area contributed by atoms with Crippen molar-refractivity contribution < 1.29 is 22.6 Å². The summed E-state index contributed by atoms with van der Waals surface area (Å²) in [5, 5.41) is 12.8. The normalized spacial score (nSPS) is 14.2. The molecule has 10 heteroatoms. The zero-order valence-corrected chi connectivity index (χ0v) is 18.7. The molecule has 3 aromatic rings. The molecule has 1 saturated heterocycles. The summed E-state index contributed by atoms with van der Waals surface area (Å²) in [7, 11) is 1.51. The summed E-state index contributed by atoms with van der Waals surface area (Å²) < 4.78 is 51.4. The summed E-state index contributed by atoms with van der Waals surface area (Å²) in [5.41, 5.74) is -0.996. The molecule has 2 aromatic carbocycles. The van der Waals surface area contributed by atoms with E-state index in [1.54, 1.807) is 18.2 Å². The molecule has 7 nitrogen and oxygen atoms in total. The van der Waals surface area contributed by atoms with Gasteiger partial charge >= 0.3 is 6.18 Å². The van der Waals surface area contributed by atoms with E-state index in [1.807, 2.05) is 0 Å². The Morgan fingerprint density at radius 2 is 1.94 bits per heavy atom. The summed E-state index contributed by atoms with van der Waals surface area (Å²) in [4.78, 5) is 10.9. The van der Waals surface area contributed by atoms with E-state index in [4.69, 9.17) is 9.47 Å². The number of alkyl halides is 3. The number of aromatic nitrogens is 2. The smallest absolute Gasteiger partial charge is 0.417 e. The molecule has 0 atom stereocenters. The number of nitrogens with zero attached hydrogens (tertiary/aromatic N) is 4. The predicted molar refractivity (Wildman–Crippen MR) is 121 cm³/mol. The van der Waals surface area contributed by atoms with Gasteiger partial charge in [-0.25, -0.2) is 9.97 Å². The zero-order chi connectivity index (χ0) is 24.1. The Hall–Kier alpha value is -3.58. The van der Waals surface area contributed by atoms with Gasteiger partial charge in [0.2, 0.25) is 0 Å². The largest absolute Gasteiger partial charge is 0.493 e. The first kappa shape index (κ1) is 23.6. The third-order valence-corrected chi connectivity index (χ3v) is 5.73. The van der Waals surface area contributed by atoms with E-state index in [-0.39, 0.29) is 11.5 Å². The van der Waals surface area contributed by atoms with Crippen molar-refractivity contribution in [2.45, 2.75) is 25.4 Å². The standard InChI is InChI=1S/C24H24F3N5O2/c1-33-21-12-16-20(13-22(21)34-11-5-10-32-8-2-3-9-32)29-15-30-23(16)31-19-7-4-6-18(17(19)14-28)24(25,26)27/h4,6-7,12-13,15H,2-3,5,8-11H2,1H3,(H,29,30,31). The maximum atomic E-state index is 13.3. The van der Waals surface area contributed by atoms with Crippen LogP contribution < -0.4 is 14.8 Å². The minimum absolute atomic E-state index is 0.00136. The van der Waals surface area contributed by atoms with E-state index >= 15 is 0 Å². The molecule has 0 amide bonds. The quantitative estimate of drug-likeness (QED) is 0.456. The number of rotatable bonds is 8. The number of methoxy groups -OCH3 is 1. The predicted octanol–water partition coefficient (Wildman–Crippen LogP) is 5.14. The highest BCUT2D eigenvalue weighted by molar-refractivity contribution is 5.93. The van der Waals surface area contributed by atoms with E-state index < -0.39 is 17.3 Å². The number of halogens is 3. The number of hydrogen-bond acceptors (Lipinski definition) is 7. The number of ether oxygens (including phenoxy) is 2. The van der Waals surface area contributed by atoms with Crippen LogP contribution >= 0.6 is 0 Å². The lowest BCUT2D eigenvalue weighted by Crippen LogP contribution is -2.21. The van der Waals surface area contributed by atoms with E-state index in [2.05, 4.69) is 20.2 Å². The van der Waals surface area contributed by atoms with E-state index in [1.165, 1.54) is 38.4 Å². The van der Waals surface area contributed by atoms with Crippen LogP contribution in [0, 0.1) is 11.3 Å². The molecular formula is C24H24F3N5O2. The number of nitriles is 1. The number of nitrogens with one attached hydrogen (secondary N) is 1. The highest BCUT2D eigenvalue weighted by Gasteiger charge is 2.34. The van der Waals surface area contributed by atoms with Crippen LogP contribution in [0.15, 0.2) is 36.7 Å². The molecule has 1 N–H and O–H groups in total. The van der Waals surface area contributed by atoms with Crippen molar-refractivity contribution in [1.82, 2.24) is 14.9 Å². The lowest BCUT2D eigenvalue weighted by molar-refractivity contribution is -0.137. The number of anilines is 2. The van der Waals surface area contributed by atoms with Crippen molar-refractivity contribution in [3.05, 3.63) is 47.8 Å². The van der Waals surface area contributed by atoms with Gasteiger partial charge in [-0.3, -0.25) is 0 Å². The van der Waals surface area contributed by atoms with E-state index in [0.29, 0.717) is 29.0 Å². The Morgan fingerprint density at radius 3 is 2.65 bits per heavy atom. The summed E-state index contributed by atoms with van der Waals surface area (Å²) in [6.07, 6.45) is 0.0104. The molecule has 1 aromatic heterocycles. The summed E-state index contributed by atoms with van der Waals surface area (Å²) in [6, 6.07) is 8.55. The molecule has 2 heterocycles. The highest BCUT2D eigenvalue weighted by Crippen LogP contribution is 2.38. The van der Waals surface area contributed by atoms with Crippen molar-refractivity contribution in [3.8, 4) is 17.6 Å². The second kappa shape index (κ2) is 10.1. The van der Waals surface area contributed by atoms with Gasteiger partial charge < -0.3 is 19.7 Å². The van der Waals surface area contributed by atoms with Gasteiger partial charge in [-0.2, -0.15) is 18.4 Å². The Kier molecular flexibility index (Phi) is 7.03. The van der Waals surface area contributed by atoms with Gasteiger partial charge in [-0.1, -0.05) is 6.07 Å². The Bertz CT molecular complexity index is 1200. The average Bonchev–Trinajstić information content (AvgIpc) is 3.34. The summed E-state index contributed by atoms with van der Waals surface area (Å²) in [5.74, 6) is 1.23. The molecule has 0 bridgehead atoms. The van der Waals surface area contributed by atoms with E-state index in [0.717, 1.165) is 32.1 Å². The van der Waals surface area contributed by atoms with Crippen LogP contribution in [-0.2, 0) is 6.18 Å². The molecule has 1 aliphatic heterocycles. The van der Waals surface area contributed by atoms with Gasteiger partial charge in [0.25, 0.3) is 0 Å². The SMILES string of the molecule is COc1cc2c(Nc3cccc(C(F)(F)F)c3C#N)ncnc2cc1OCCCN1CCCC1. The molecule has 0 aliphatic carbocycles. The van der Waals surface area contributed by atoms with Gasteiger partial charge in [-0.15, -0.1) is 0 Å². The summed E-state index contributed by atoms with van der Waals surface area (Å²) >= 11 is 0. The molecule has 0 radical (unpaired) electrons. The second-order valence-electron chi connectivity index (χ2n) is 7.96. The molecule has 1 aliphatic rings. The van der Waals surface area contributed by atoms with Crippen LogP contribution in [0.2, 0.25) is 0 Å². The number of fused-ring (bicyclic) bond motifs is 1. The van der Waals surface area contributed by atoms with Crippen molar-refractivity contribution in [2.75, 3.05) is 38.7 Å². The third-order valence-electron chi connectivity index (χ3n) is 5.73. The van der Waals surface area contributed by atoms with Crippen molar-refractivity contribution in [1.29, 1.82) is 5.26 Å². The molecule has 0 saturated carbocycles. The van der Waals surface area contributed by atoms with Crippen molar-refractivity contribution in [2.24, 2.45) is 0 Å². The molecule has 0 unspecified atom stereocenters. The van der Waals surface area contributed by atoms with Crippen LogP contribution in [0.4, 0.5) is 24.7 Å². The lowest BCUT2D eigenvalue weighted by Gasteiger charge is -2.17. The fourth-order valence-corrected chi connectivity index (χ4v) is 4.05. The van der Waals surface area contributed by atoms with Crippen LogP contribution in [-0.4, -0.2) is 48.2 Å². The molecule has 0 spiro atoms. The summed E-state index contributed by atoms with van der Waals surface area (Å²) in [6.45, 7) is 3.76. The van der Waals surface area contributed by atoms with Crippen LogP contribution in [0.5, 0.6) is 11.5 Å². The fourth-order valence-electron chi connectivity index (χ4n) is 4.05. The number of benzene rings is 2. The molecule has 178 valence electrons. The van der Waals surface area contributed by atoms with Crippen molar-refractivity contribution in [3.63, 3.8) is 0 Å². The molecule has 1 fully saturated rings. The zero-order valence-electron chi connectivity index (χ0n) is 18.7. The van der Waals surface area contributed by atoms with Crippen LogP contribution in [0.25, 0.3) is 10.9 Å². The topological polar surface area (TPSA) is 83.3 Å². The molecular weight excluding hydrogens is 447 g/mol. The number of likely N-dealkylation sites (tertiary alicyclic amines) is 1. The van der Waals surface area contributed by atoms with Gasteiger partial charge in [0.15, 0.2) is 11.5 Å². The lowest BCUT2D eigenvalue weighted by atomic mass is 10.1. The average molecular weight is 471 g/mol. The monoisotopic (exact) mass is 471 g/mol. The third kappa shape index (κ3) is 5.15. The second-order valence-corrected chi connectivity index (χ2v) is 7.96. The maximum absolute atomic E-state index is 13.3.